The van der Waals surface area contributed by atoms with E-state index in [4.69, 9.17) is 5.73 Å². The summed E-state index contributed by atoms with van der Waals surface area (Å²) in [5, 5.41) is 0. The van der Waals surface area contributed by atoms with Gasteiger partial charge in [0.1, 0.15) is 5.82 Å². The number of rotatable bonds is 9. The molecule has 0 bridgehead atoms. The lowest BCUT2D eigenvalue weighted by Crippen LogP contribution is -2.25. The van der Waals surface area contributed by atoms with Crippen molar-refractivity contribution in [3.05, 3.63) is 22.4 Å². The Morgan fingerprint density at radius 3 is 2.62 bits per heavy atom. The van der Waals surface area contributed by atoms with Crippen molar-refractivity contribution in [2.45, 2.75) is 30.6 Å². The quantitative estimate of drug-likeness (QED) is 0.493. The standard InChI is InChI=1S/C13H20BrFN2O2S2/c1-20-7-5-3-2-4-6-17-21(18,19)13-9-12(16)11(15)8-10(13)14/h8-9,17H,2-7,16H2,1H3. The SMILES string of the molecule is CSCCCCCCNS(=O)(=O)c1cc(N)c(F)cc1Br. The van der Waals surface area contributed by atoms with Crippen molar-refractivity contribution < 1.29 is 12.8 Å². The number of anilines is 1. The Labute approximate surface area is 138 Å². The molecule has 0 saturated carbocycles. The Kier molecular flexibility index (Phi) is 8.00. The Balaban J connectivity index is 2.53. The molecule has 3 N–H and O–H groups in total. The molecule has 1 aromatic carbocycles. The molecule has 4 nitrogen and oxygen atoms in total. The van der Waals surface area contributed by atoms with E-state index in [0.717, 1.165) is 43.6 Å². The van der Waals surface area contributed by atoms with Gasteiger partial charge in [-0.05, 0) is 52.9 Å². The van der Waals surface area contributed by atoms with Crippen LogP contribution in [0.25, 0.3) is 0 Å². The van der Waals surface area contributed by atoms with Crippen LogP contribution in [0.4, 0.5) is 10.1 Å². The third-order valence-corrected chi connectivity index (χ3v) is 6.02. The number of thioether (sulfide) groups is 1. The lowest BCUT2D eigenvalue weighted by Gasteiger charge is -2.10. The maximum Gasteiger partial charge on any atom is 0.241 e. The molecule has 0 heterocycles. The van der Waals surface area contributed by atoms with Crippen molar-refractivity contribution in [1.82, 2.24) is 4.72 Å². The molecule has 1 aromatic rings. The molecule has 0 saturated heterocycles. The number of halogens is 2. The minimum Gasteiger partial charge on any atom is -0.396 e. The van der Waals surface area contributed by atoms with Crippen LogP contribution in [0.2, 0.25) is 0 Å². The summed E-state index contributed by atoms with van der Waals surface area (Å²) in [5.41, 5.74) is 5.23. The van der Waals surface area contributed by atoms with Gasteiger partial charge < -0.3 is 5.73 Å². The van der Waals surface area contributed by atoms with Gasteiger partial charge in [-0.2, -0.15) is 11.8 Å². The van der Waals surface area contributed by atoms with Gasteiger partial charge >= 0.3 is 0 Å². The maximum atomic E-state index is 13.2. The molecule has 0 fully saturated rings. The van der Waals surface area contributed by atoms with Crippen LogP contribution in [-0.2, 0) is 10.0 Å². The summed E-state index contributed by atoms with van der Waals surface area (Å²) in [6.07, 6.45) is 6.07. The zero-order valence-electron chi connectivity index (χ0n) is 11.9. The first kappa shape index (κ1) is 18.7. The second kappa shape index (κ2) is 8.97. The van der Waals surface area contributed by atoms with E-state index in [1.807, 2.05) is 11.8 Å². The molecule has 0 unspecified atom stereocenters. The number of nitrogens with two attached hydrogens (primary N) is 1. The lowest BCUT2D eigenvalue weighted by atomic mass is 10.2. The van der Waals surface area contributed by atoms with Gasteiger partial charge in [0.25, 0.3) is 0 Å². The van der Waals surface area contributed by atoms with Crippen molar-refractivity contribution in [3.8, 4) is 0 Å². The van der Waals surface area contributed by atoms with Crippen LogP contribution < -0.4 is 10.5 Å². The van der Waals surface area contributed by atoms with Crippen LogP contribution in [0.1, 0.15) is 25.7 Å². The minimum atomic E-state index is -3.68. The van der Waals surface area contributed by atoms with Crippen LogP contribution in [0.15, 0.2) is 21.5 Å². The lowest BCUT2D eigenvalue weighted by molar-refractivity contribution is 0.572. The number of hydrogen-bond donors (Lipinski definition) is 2. The van der Waals surface area contributed by atoms with Crippen molar-refractivity contribution in [1.29, 1.82) is 0 Å². The normalized spacial score (nSPS) is 11.8. The van der Waals surface area contributed by atoms with E-state index in [-0.39, 0.29) is 15.1 Å². The van der Waals surface area contributed by atoms with Crippen LogP contribution in [0.5, 0.6) is 0 Å². The van der Waals surface area contributed by atoms with Gasteiger partial charge in [-0.25, -0.2) is 17.5 Å². The average Bonchev–Trinajstić information content (AvgIpc) is 2.41. The predicted molar refractivity (Wildman–Crippen MR) is 90.6 cm³/mol. The Morgan fingerprint density at radius 1 is 1.29 bits per heavy atom. The van der Waals surface area contributed by atoms with Crippen molar-refractivity contribution in [3.63, 3.8) is 0 Å². The number of sulfonamides is 1. The molecule has 0 spiro atoms. The first-order chi connectivity index (χ1) is 9.88. The van der Waals surface area contributed by atoms with Crippen molar-refractivity contribution in [2.75, 3.05) is 24.3 Å². The Hall–Kier alpha value is -0.310. The Bertz CT molecular complexity index is 568. The highest BCUT2D eigenvalue weighted by Crippen LogP contribution is 2.26. The molecule has 0 aromatic heterocycles. The van der Waals surface area contributed by atoms with Gasteiger partial charge in [-0.15, -0.1) is 0 Å². The Morgan fingerprint density at radius 2 is 1.95 bits per heavy atom. The number of unbranched alkanes of at least 4 members (excludes halogenated alkanes) is 3. The van der Waals surface area contributed by atoms with Crippen LogP contribution in [0.3, 0.4) is 0 Å². The first-order valence-corrected chi connectivity index (χ1v) is 10.3. The van der Waals surface area contributed by atoms with Gasteiger partial charge in [0.05, 0.1) is 10.6 Å². The number of hydrogen-bond acceptors (Lipinski definition) is 4. The average molecular weight is 399 g/mol. The fourth-order valence-corrected chi connectivity index (χ4v) is 4.37. The number of nitrogen functional groups attached to an aromatic ring is 1. The summed E-state index contributed by atoms with van der Waals surface area (Å²) >= 11 is 4.86. The molecule has 0 aliphatic rings. The van der Waals surface area contributed by atoms with Crippen LogP contribution >= 0.6 is 27.7 Å². The van der Waals surface area contributed by atoms with Crippen molar-refractivity contribution >= 4 is 43.4 Å². The van der Waals surface area contributed by atoms with E-state index in [1.54, 1.807) is 0 Å². The molecular weight excluding hydrogens is 379 g/mol. The van der Waals surface area contributed by atoms with Crippen LogP contribution in [0, 0.1) is 5.82 Å². The van der Waals surface area contributed by atoms with E-state index in [1.165, 1.54) is 0 Å². The second-order valence-corrected chi connectivity index (χ2v) is 8.18. The van der Waals surface area contributed by atoms with Gasteiger partial charge in [-0.1, -0.05) is 12.8 Å². The zero-order valence-corrected chi connectivity index (χ0v) is 15.1. The molecule has 120 valence electrons. The monoisotopic (exact) mass is 398 g/mol. The largest absolute Gasteiger partial charge is 0.396 e. The first-order valence-electron chi connectivity index (χ1n) is 6.61. The maximum absolute atomic E-state index is 13.2. The van der Waals surface area contributed by atoms with Gasteiger partial charge in [0.2, 0.25) is 10.0 Å². The van der Waals surface area contributed by atoms with Crippen molar-refractivity contribution in [2.24, 2.45) is 0 Å². The topological polar surface area (TPSA) is 72.2 Å². The van der Waals surface area contributed by atoms with E-state index < -0.39 is 15.8 Å². The number of benzene rings is 1. The summed E-state index contributed by atoms with van der Waals surface area (Å²) in [7, 11) is -3.68. The van der Waals surface area contributed by atoms with Gasteiger partial charge in [0, 0.05) is 11.0 Å². The predicted octanol–water partition coefficient (Wildman–Crippen LogP) is 3.37. The van der Waals surface area contributed by atoms with E-state index in [2.05, 4.69) is 26.9 Å². The molecule has 1 rings (SSSR count). The van der Waals surface area contributed by atoms with Gasteiger partial charge in [0.15, 0.2) is 0 Å². The van der Waals surface area contributed by atoms with E-state index in [0.29, 0.717) is 6.54 Å². The molecular formula is C13H20BrFN2O2S2. The highest BCUT2D eigenvalue weighted by molar-refractivity contribution is 9.10. The molecule has 8 heteroatoms. The molecule has 0 amide bonds. The smallest absolute Gasteiger partial charge is 0.241 e. The highest BCUT2D eigenvalue weighted by Gasteiger charge is 2.19. The fraction of sp³-hybridized carbons (Fsp3) is 0.538. The summed E-state index contributed by atoms with van der Waals surface area (Å²) in [6.45, 7) is 0.366. The summed E-state index contributed by atoms with van der Waals surface area (Å²) in [5.74, 6) is 0.489. The second-order valence-electron chi connectivity index (χ2n) is 4.61. The molecule has 0 aliphatic carbocycles. The summed E-state index contributed by atoms with van der Waals surface area (Å²) < 4.78 is 40.2. The van der Waals surface area contributed by atoms with Gasteiger partial charge in [-0.3, -0.25) is 0 Å². The molecule has 0 radical (unpaired) electrons. The van der Waals surface area contributed by atoms with E-state index >= 15 is 0 Å². The number of nitrogens with one attached hydrogen (secondary N) is 1. The van der Waals surface area contributed by atoms with Crippen LogP contribution in [-0.4, -0.2) is 27.0 Å². The third kappa shape index (κ3) is 6.14. The highest BCUT2D eigenvalue weighted by atomic mass is 79.9. The third-order valence-electron chi connectivity index (χ3n) is 2.91. The minimum absolute atomic E-state index is 0.0382. The molecule has 0 atom stereocenters. The zero-order chi connectivity index (χ0) is 15.9. The molecule has 21 heavy (non-hydrogen) atoms. The summed E-state index contributed by atoms with van der Waals surface area (Å²) in [4.78, 5) is -0.0382. The molecule has 0 aliphatic heterocycles. The summed E-state index contributed by atoms with van der Waals surface area (Å²) in [6, 6.07) is 2.19. The fourth-order valence-electron chi connectivity index (χ4n) is 1.76. The van der Waals surface area contributed by atoms with E-state index in [9.17, 15) is 12.8 Å².